The second-order valence-electron chi connectivity index (χ2n) is 11.8. The van der Waals surface area contributed by atoms with Gasteiger partial charge in [0.15, 0.2) is 0 Å². The van der Waals surface area contributed by atoms with Crippen LogP contribution in [0.5, 0.6) is 0 Å². The lowest BCUT2D eigenvalue weighted by Crippen LogP contribution is -2.25. The Hall–Kier alpha value is -1.92. The number of hydrogen-bond acceptors (Lipinski definition) is 6. The van der Waals surface area contributed by atoms with E-state index >= 15 is 0 Å². The Labute approximate surface area is 264 Å². The minimum absolute atomic E-state index is 0.141. The molecule has 0 heterocycles. The Kier molecular flexibility index (Phi) is 31.5. The summed E-state index contributed by atoms with van der Waals surface area (Å²) in [5, 5.41) is 20.0. The fourth-order valence-corrected chi connectivity index (χ4v) is 4.80. The predicted octanol–water partition coefficient (Wildman–Crippen LogP) is 9.48. The van der Waals surface area contributed by atoms with E-state index in [-0.39, 0.29) is 25.2 Å². The van der Waals surface area contributed by atoms with E-state index in [4.69, 9.17) is 9.47 Å². The summed E-state index contributed by atoms with van der Waals surface area (Å²) in [6.07, 6.45) is 35.0. The van der Waals surface area contributed by atoms with Gasteiger partial charge in [0, 0.05) is 12.8 Å². The zero-order valence-electron chi connectivity index (χ0n) is 27.8. The minimum atomic E-state index is -0.992. The van der Waals surface area contributed by atoms with Gasteiger partial charge in [-0.25, -0.2) is 0 Å². The Balaban J connectivity index is 3.54. The Morgan fingerprint density at radius 3 is 1.53 bits per heavy atom. The number of esters is 2. The largest absolute Gasteiger partial charge is 0.463 e. The number of aliphatic hydroxyl groups excluding tert-OH is 2. The van der Waals surface area contributed by atoms with Crippen LogP contribution in [0.2, 0.25) is 0 Å². The number of allylic oxidation sites excluding steroid dienone is 5. The number of aliphatic hydroxyl groups is 2. The third-order valence-corrected chi connectivity index (χ3v) is 7.49. The molecule has 0 rings (SSSR count). The Bertz CT molecular complexity index is 714. The van der Waals surface area contributed by atoms with Crippen molar-refractivity contribution in [3.8, 4) is 0 Å². The first-order valence-electron chi connectivity index (χ1n) is 17.6. The van der Waals surface area contributed by atoms with E-state index in [9.17, 15) is 19.8 Å². The highest BCUT2D eigenvalue weighted by Gasteiger charge is 2.12. The molecule has 0 aromatic carbocycles. The zero-order valence-corrected chi connectivity index (χ0v) is 27.8. The molecule has 0 amide bonds. The second-order valence-corrected chi connectivity index (χ2v) is 11.8. The van der Waals surface area contributed by atoms with Gasteiger partial charge in [0.25, 0.3) is 0 Å². The molecule has 0 aromatic heterocycles. The highest BCUT2D eigenvalue weighted by Crippen LogP contribution is 2.13. The molecule has 0 aliphatic carbocycles. The third-order valence-electron chi connectivity index (χ3n) is 7.49. The van der Waals surface area contributed by atoms with Crippen LogP contribution in [-0.4, -0.2) is 47.6 Å². The molecule has 6 heteroatoms. The monoisotopic (exact) mass is 606 g/mol. The van der Waals surface area contributed by atoms with E-state index in [1.807, 2.05) is 18.2 Å². The molecular weight excluding hydrogens is 540 g/mol. The van der Waals surface area contributed by atoms with Gasteiger partial charge in [0.2, 0.25) is 0 Å². The lowest BCUT2D eigenvalue weighted by molar-refractivity contribution is -0.152. The van der Waals surface area contributed by atoms with E-state index in [1.54, 1.807) is 0 Å². The highest BCUT2D eigenvalue weighted by atomic mass is 16.6. The first-order valence-corrected chi connectivity index (χ1v) is 17.6. The van der Waals surface area contributed by atoms with Gasteiger partial charge in [-0.2, -0.15) is 0 Å². The van der Waals surface area contributed by atoms with Gasteiger partial charge >= 0.3 is 11.9 Å². The number of ether oxygens (including phenoxy) is 2. The fourth-order valence-electron chi connectivity index (χ4n) is 4.80. The summed E-state index contributed by atoms with van der Waals surface area (Å²) in [6, 6.07) is 0. The summed E-state index contributed by atoms with van der Waals surface area (Å²) < 4.78 is 10.3. The fraction of sp³-hybridized carbons (Fsp3) is 0.784. The predicted molar refractivity (Wildman–Crippen MR) is 179 cm³/mol. The van der Waals surface area contributed by atoms with Crippen LogP contribution in [0.25, 0.3) is 0 Å². The summed E-state index contributed by atoms with van der Waals surface area (Å²) in [5.74, 6) is -0.638. The molecule has 2 atom stereocenters. The van der Waals surface area contributed by atoms with Gasteiger partial charge < -0.3 is 19.7 Å². The molecule has 0 bridgehead atoms. The number of carbonyl (C=O) groups excluding carboxylic acids is 2. The van der Waals surface area contributed by atoms with Gasteiger partial charge in [-0.15, -0.1) is 0 Å². The van der Waals surface area contributed by atoms with Crippen LogP contribution in [0.3, 0.4) is 0 Å². The molecule has 6 nitrogen and oxygen atoms in total. The summed E-state index contributed by atoms with van der Waals surface area (Å²) in [5.41, 5.74) is 0. The summed E-state index contributed by atoms with van der Waals surface area (Å²) in [7, 11) is 0. The first-order chi connectivity index (χ1) is 21.0. The van der Waals surface area contributed by atoms with E-state index in [0.717, 1.165) is 70.6 Å². The van der Waals surface area contributed by atoms with Crippen molar-refractivity contribution in [2.24, 2.45) is 0 Å². The molecule has 0 aliphatic heterocycles. The molecule has 43 heavy (non-hydrogen) atoms. The molecular formula is C37H66O6. The van der Waals surface area contributed by atoms with Gasteiger partial charge in [-0.05, 0) is 32.1 Å². The van der Waals surface area contributed by atoms with E-state index in [1.165, 1.54) is 64.2 Å². The second kappa shape index (κ2) is 33.0. The minimum Gasteiger partial charge on any atom is -0.463 e. The van der Waals surface area contributed by atoms with Gasteiger partial charge in [0.05, 0.1) is 6.10 Å². The molecule has 0 saturated heterocycles. The van der Waals surface area contributed by atoms with Crippen LogP contribution in [0, 0.1) is 0 Å². The highest BCUT2D eigenvalue weighted by molar-refractivity contribution is 5.69. The maximum Gasteiger partial charge on any atom is 0.305 e. The Morgan fingerprint density at radius 2 is 1.05 bits per heavy atom. The summed E-state index contributed by atoms with van der Waals surface area (Å²) in [6.45, 7) is 4.07. The molecule has 0 aromatic rings. The van der Waals surface area contributed by atoms with E-state index in [2.05, 4.69) is 32.1 Å². The van der Waals surface area contributed by atoms with Crippen LogP contribution in [0.4, 0.5) is 0 Å². The maximum absolute atomic E-state index is 11.9. The zero-order chi connectivity index (χ0) is 31.6. The Morgan fingerprint density at radius 1 is 0.581 bits per heavy atom. The van der Waals surface area contributed by atoms with Crippen molar-refractivity contribution in [1.82, 2.24) is 0 Å². The lowest BCUT2D eigenvalue weighted by Gasteiger charge is -2.12. The quantitative estimate of drug-likeness (QED) is 0.0353. The van der Waals surface area contributed by atoms with Crippen molar-refractivity contribution in [2.75, 3.05) is 13.2 Å². The van der Waals surface area contributed by atoms with Crippen molar-refractivity contribution in [1.29, 1.82) is 0 Å². The molecule has 0 spiro atoms. The van der Waals surface area contributed by atoms with Crippen LogP contribution >= 0.6 is 0 Å². The van der Waals surface area contributed by atoms with Crippen LogP contribution in [0.15, 0.2) is 36.5 Å². The van der Waals surface area contributed by atoms with Crippen molar-refractivity contribution in [3.05, 3.63) is 36.5 Å². The lowest BCUT2D eigenvalue weighted by atomic mass is 10.0. The van der Waals surface area contributed by atoms with Crippen LogP contribution in [0.1, 0.15) is 162 Å². The normalized spacial score (nSPS) is 13.3. The van der Waals surface area contributed by atoms with Gasteiger partial charge in [0.1, 0.15) is 19.3 Å². The first kappa shape index (κ1) is 41.1. The molecule has 1 unspecified atom stereocenters. The molecule has 0 saturated carbocycles. The van der Waals surface area contributed by atoms with Crippen LogP contribution in [-0.2, 0) is 19.1 Å². The number of unbranched alkanes of at least 4 members (excludes halogenated alkanes) is 16. The summed E-state index contributed by atoms with van der Waals surface area (Å²) >= 11 is 0. The third kappa shape index (κ3) is 32.8. The van der Waals surface area contributed by atoms with Gasteiger partial charge in [-0.3, -0.25) is 9.59 Å². The van der Waals surface area contributed by atoms with Crippen molar-refractivity contribution < 1.29 is 29.3 Å². The SMILES string of the molecule is CC/C=C/C/C=C/C=C/C(O)CCCCCCCC(=O)OC[C@@H](O)COC(=O)CCCCCCCCCCCCCCC. The average Bonchev–Trinajstić information content (AvgIpc) is 3.00. The number of rotatable bonds is 31. The molecule has 0 aliphatic rings. The maximum atomic E-state index is 11.9. The number of carbonyl (C=O) groups is 2. The molecule has 2 N–H and O–H groups in total. The van der Waals surface area contributed by atoms with Crippen LogP contribution < -0.4 is 0 Å². The molecule has 0 fully saturated rings. The molecule has 250 valence electrons. The van der Waals surface area contributed by atoms with E-state index < -0.39 is 12.2 Å². The smallest absolute Gasteiger partial charge is 0.305 e. The van der Waals surface area contributed by atoms with Crippen molar-refractivity contribution in [2.45, 2.75) is 174 Å². The summed E-state index contributed by atoms with van der Waals surface area (Å²) in [4.78, 5) is 23.8. The number of hydrogen-bond donors (Lipinski definition) is 2. The van der Waals surface area contributed by atoms with E-state index in [0.29, 0.717) is 12.8 Å². The average molecular weight is 607 g/mol. The topological polar surface area (TPSA) is 93.1 Å². The molecule has 0 radical (unpaired) electrons. The van der Waals surface area contributed by atoms with Crippen molar-refractivity contribution in [3.63, 3.8) is 0 Å². The van der Waals surface area contributed by atoms with Crippen molar-refractivity contribution >= 4 is 11.9 Å². The standard InChI is InChI=1S/C37H66O6/c1-3-5-7-9-11-12-13-14-15-16-18-22-26-30-36(40)42-32-35(39)33-43-37(41)31-27-23-19-21-25-29-34(38)28-24-20-17-10-8-6-4-2/h6,8,17,20,24,28,34-35,38-39H,3-5,7,9-16,18-19,21-23,25-27,29-33H2,1-2H3/b8-6+,20-17+,28-24+/t34?,35-/m0/s1. The van der Waals surface area contributed by atoms with Gasteiger partial charge in [-0.1, -0.05) is 153 Å².